The smallest absolute Gasteiger partial charge is 0.268 e. The van der Waals surface area contributed by atoms with Gasteiger partial charge in [-0.1, -0.05) is 54.6 Å². The minimum atomic E-state index is -0.765. The molecule has 0 fully saturated rings. The van der Waals surface area contributed by atoms with E-state index >= 15 is 0 Å². The van der Waals surface area contributed by atoms with Gasteiger partial charge in [0.05, 0.1) is 15.5 Å². The fourth-order valence-corrected chi connectivity index (χ4v) is 4.18. The van der Waals surface area contributed by atoms with E-state index in [0.29, 0.717) is 5.69 Å². The summed E-state index contributed by atoms with van der Waals surface area (Å²) in [5, 5.41) is 22.7. The lowest BCUT2D eigenvalue weighted by molar-refractivity contribution is -0.390. The van der Waals surface area contributed by atoms with Crippen molar-refractivity contribution in [1.82, 2.24) is 0 Å². The van der Waals surface area contributed by atoms with Crippen molar-refractivity contribution in [3.8, 4) is 0 Å². The van der Waals surface area contributed by atoms with E-state index in [4.69, 9.17) is 0 Å². The van der Waals surface area contributed by atoms with Crippen LogP contribution in [-0.2, 0) is 0 Å². The molecular formula is C26H15N3O6. The van der Waals surface area contributed by atoms with Crippen molar-refractivity contribution in [2.24, 2.45) is 0 Å². The highest BCUT2D eigenvalue weighted by atomic mass is 16.6. The maximum atomic E-state index is 13.3. The fourth-order valence-electron chi connectivity index (χ4n) is 4.18. The van der Waals surface area contributed by atoms with Gasteiger partial charge in [0.15, 0.2) is 0 Å². The van der Waals surface area contributed by atoms with Crippen molar-refractivity contribution in [2.75, 3.05) is 4.90 Å². The lowest BCUT2D eigenvalue weighted by Crippen LogP contribution is -2.40. The standard InChI is InChI=1S/C26H15N3O6/c30-25-19-12-14-21(28(32)33)24-22(29(34)35)15-13-20(23(19)24)26(31)27(25)18-10-8-17(9-11-18)7-6-16-4-2-1-3-5-16/h1-15H/b7-6+. The Balaban J connectivity index is 1.57. The Kier molecular flexibility index (Phi) is 5.14. The van der Waals surface area contributed by atoms with E-state index in [2.05, 4.69) is 0 Å². The Morgan fingerprint density at radius 2 is 1.09 bits per heavy atom. The number of imide groups is 1. The first-order chi connectivity index (χ1) is 16.9. The zero-order valence-electron chi connectivity index (χ0n) is 18.0. The molecule has 2 amide bonds. The summed E-state index contributed by atoms with van der Waals surface area (Å²) < 4.78 is 0. The average Bonchev–Trinajstić information content (AvgIpc) is 2.86. The highest BCUT2D eigenvalue weighted by Gasteiger charge is 2.38. The number of amides is 2. The summed E-state index contributed by atoms with van der Waals surface area (Å²) in [6.45, 7) is 0. The third-order valence-corrected chi connectivity index (χ3v) is 5.80. The Morgan fingerprint density at radius 1 is 0.600 bits per heavy atom. The van der Waals surface area contributed by atoms with E-state index in [1.54, 1.807) is 24.3 Å². The van der Waals surface area contributed by atoms with E-state index < -0.39 is 33.0 Å². The number of rotatable bonds is 5. The van der Waals surface area contributed by atoms with Crippen LogP contribution in [0.15, 0.2) is 78.9 Å². The van der Waals surface area contributed by atoms with Gasteiger partial charge in [-0.3, -0.25) is 29.8 Å². The van der Waals surface area contributed by atoms with Crippen molar-refractivity contribution >= 4 is 51.8 Å². The molecule has 4 aromatic rings. The zero-order valence-corrected chi connectivity index (χ0v) is 18.0. The van der Waals surface area contributed by atoms with Gasteiger partial charge in [0.25, 0.3) is 23.2 Å². The number of hydrogen-bond acceptors (Lipinski definition) is 6. The molecule has 0 spiro atoms. The summed E-state index contributed by atoms with van der Waals surface area (Å²) in [5.41, 5.74) is 1.07. The molecule has 0 saturated heterocycles. The molecule has 0 atom stereocenters. The highest BCUT2D eigenvalue weighted by molar-refractivity contribution is 6.37. The molecule has 0 saturated carbocycles. The molecule has 1 aliphatic rings. The fraction of sp³-hybridized carbons (Fsp3) is 0. The third-order valence-electron chi connectivity index (χ3n) is 5.80. The lowest BCUT2D eigenvalue weighted by atomic mass is 9.91. The molecule has 1 heterocycles. The summed E-state index contributed by atoms with van der Waals surface area (Å²) in [7, 11) is 0. The van der Waals surface area contributed by atoms with Gasteiger partial charge < -0.3 is 0 Å². The van der Waals surface area contributed by atoms with Crippen LogP contribution in [0.5, 0.6) is 0 Å². The number of carbonyl (C=O) groups is 2. The minimum Gasteiger partial charge on any atom is -0.268 e. The Morgan fingerprint density at radius 3 is 1.57 bits per heavy atom. The van der Waals surface area contributed by atoms with Crippen molar-refractivity contribution in [1.29, 1.82) is 0 Å². The van der Waals surface area contributed by atoms with Crippen LogP contribution in [0.2, 0.25) is 0 Å². The van der Waals surface area contributed by atoms with Crippen molar-refractivity contribution in [3.63, 3.8) is 0 Å². The maximum absolute atomic E-state index is 13.3. The number of hydrogen-bond donors (Lipinski definition) is 0. The van der Waals surface area contributed by atoms with Crippen LogP contribution in [0.4, 0.5) is 17.1 Å². The number of nitro groups is 2. The molecule has 0 bridgehead atoms. The van der Waals surface area contributed by atoms with E-state index in [1.807, 2.05) is 42.5 Å². The van der Waals surface area contributed by atoms with Crippen LogP contribution in [-0.4, -0.2) is 21.7 Å². The van der Waals surface area contributed by atoms with Crippen molar-refractivity contribution in [3.05, 3.63) is 121 Å². The predicted molar refractivity (Wildman–Crippen MR) is 130 cm³/mol. The molecule has 0 radical (unpaired) electrons. The van der Waals surface area contributed by atoms with Crippen LogP contribution < -0.4 is 4.90 Å². The Hall–Kier alpha value is -5.18. The van der Waals surface area contributed by atoms with E-state index in [-0.39, 0.29) is 21.9 Å². The molecule has 0 unspecified atom stereocenters. The number of benzene rings is 4. The van der Waals surface area contributed by atoms with Crippen molar-refractivity contribution < 1.29 is 19.4 Å². The summed E-state index contributed by atoms with van der Waals surface area (Å²) in [6, 6.07) is 21.0. The second kappa shape index (κ2) is 8.31. The van der Waals surface area contributed by atoms with Gasteiger partial charge in [0.2, 0.25) is 0 Å². The second-order valence-electron chi connectivity index (χ2n) is 7.81. The molecule has 5 rings (SSSR count). The quantitative estimate of drug-likeness (QED) is 0.163. The van der Waals surface area contributed by atoms with Crippen LogP contribution in [0, 0.1) is 20.2 Å². The monoisotopic (exact) mass is 465 g/mol. The van der Waals surface area contributed by atoms with Gasteiger partial charge in [0, 0.05) is 28.6 Å². The van der Waals surface area contributed by atoms with Gasteiger partial charge in [-0.05, 0) is 35.4 Å². The number of anilines is 1. The summed E-state index contributed by atoms with van der Waals surface area (Å²) in [6.07, 6.45) is 3.83. The first kappa shape index (κ1) is 21.7. The van der Waals surface area contributed by atoms with Crippen LogP contribution in [0.3, 0.4) is 0 Å². The van der Waals surface area contributed by atoms with Crippen LogP contribution >= 0.6 is 0 Å². The lowest BCUT2D eigenvalue weighted by Gasteiger charge is -2.27. The number of non-ortho nitro benzene ring substituents is 2. The first-order valence-electron chi connectivity index (χ1n) is 10.5. The molecule has 4 aromatic carbocycles. The van der Waals surface area contributed by atoms with Gasteiger partial charge >= 0.3 is 0 Å². The predicted octanol–water partition coefficient (Wildman–Crippen LogP) is 5.63. The van der Waals surface area contributed by atoms with E-state index in [1.165, 1.54) is 12.1 Å². The minimum absolute atomic E-state index is 0.0167. The first-order valence-corrected chi connectivity index (χ1v) is 10.5. The topological polar surface area (TPSA) is 124 Å². The molecule has 0 aliphatic carbocycles. The molecule has 9 nitrogen and oxygen atoms in total. The summed E-state index contributed by atoms with van der Waals surface area (Å²) in [4.78, 5) is 49.2. The maximum Gasteiger partial charge on any atom is 0.284 e. The Labute approximate surface area is 197 Å². The number of nitro benzene ring substituents is 2. The average molecular weight is 465 g/mol. The zero-order chi connectivity index (χ0) is 24.7. The molecule has 170 valence electrons. The highest BCUT2D eigenvalue weighted by Crippen LogP contribution is 2.41. The van der Waals surface area contributed by atoms with E-state index in [9.17, 15) is 29.8 Å². The van der Waals surface area contributed by atoms with Gasteiger partial charge in [-0.25, -0.2) is 4.90 Å². The van der Waals surface area contributed by atoms with E-state index in [0.717, 1.165) is 28.2 Å². The number of nitrogens with zero attached hydrogens (tertiary/aromatic N) is 3. The summed E-state index contributed by atoms with van der Waals surface area (Å²) >= 11 is 0. The SMILES string of the molecule is O=C1c2ccc([N+](=O)[O-])c3c([N+](=O)[O-])ccc(c23)C(=O)N1c1ccc(/C=C/c2ccccc2)cc1. The second-order valence-corrected chi connectivity index (χ2v) is 7.81. The molecular weight excluding hydrogens is 450 g/mol. The van der Waals surface area contributed by atoms with Gasteiger partial charge in [-0.15, -0.1) is 0 Å². The van der Waals surface area contributed by atoms with Crippen molar-refractivity contribution in [2.45, 2.75) is 0 Å². The largest absolute Gasteiger partial charge is 0.284 e. The van der Waals surface area contributed by atoms with Gasteiger partial charge in [0.1, 0.15) is 5.39 Å². The normalized spacial score (nSPS) is 13.0. The molecule has 35 heavy (non-hydrogen) atoms. The Bertz CT molecular complexity index is 1510. The van der Waals surface area contributed by atoms with Crippen LogP contribution in [0.1, 0.15) is 31.8 Å². The van der Waals surface area contributed by atoms with Gasteiger partial charge in [-0.2, -0.15) is 0 Å². The molecule has 1 aliphatic heterocycles. The third kappa shape index (κ3) is 3.61. The van der Waals surface area contributed by atoms with Crippen LogP contribution in [0.25, 0.3) is 22.9 Å². The molecule has 0 aromatic heterocycles. The summed E-state index contributed by atoms with van der Waals surface area (Å²) in [5.74, 6) is -1.43. The number of carbonyl (C=O) groups excluding carboxylic acids is 2. The molecule has 9 heteroatoms. The molecule has 0 N–H and O–H groups in total.